The van der Waals surface area contributed by atoms with Crippen molar-refractivity contribution >= 4 is 47.8 Å². The van der Waals surface area contributed by atoms with Gasteiger partial charge in [-0.05, 0) is 40.0 Å². The highest BCUT2D eigenvalue weighted by Crippen LogP contribution is 2.25. The van der Waals surface area contributed by atoms with Crippen LogP contribution in [0.5, 0.6) is 0 Å². The normalized spacial score (nSPS) is 11.7. The molecule has 20 heavy (non-hydrogen) atoms. The van der Waals surface area contributed by atoms with Crippen LogP contribution >= 0.6 is 31.9 Å². The summed E-state index contributed by atoms with van der Waals surface area (Å²) in [5.41, 5.74) is 0. The molecule has 5 nitrogen and oxygen atoms in total. The van der Waals surface area contributed by atoms with Crippen molar-refractivity contribution in [3.63, 3.8) is 0 Å². The maximum atomic E-state index is 12.1. The zero-order valence-corrected chi connectivity index (χ0v) is 15.1. The molecular weight excluding hydrogens is 412 g/mol. The van der Waals surface area contributed by atoms with Crippen molar-refractivity contribution in [1.82, 2.24) is 10.0 Å². The summed E-state index contributed by atoms with van der Waals surface area (Å²) >= 11 is 6.40. The standard InChI is InChI=1S/C12H16Br2N2O3S/c1-8(2)6-15-12(17)7-16-20(18,19)11-5-9(13)3-4-10(11)14/h3-5,8,16H,6-7H2,1-2H3,(H,15,17). The maximum Gasteiger partial charge on any atom is 0.242 e. The summed E-state index contributed by atoms with van der Waals surface area (Å²) in [4.78, 5) is 11.6. The number of carbonyl (C=O) groups is 1. The van der Waals surface area contributed by atoms with Crippen LogP contribution in [0.3, 0.4) is 0 Å². The summed E-state index contributed by atoms with van der Waals surface area (Å²) < 4.78 is 27.6. The van der Waals surface area contributed by atoms with E-state index in [4.69, 9.17) is 0 Å². The van der Waals surface area contributed by atoms with Gasteiger partial charge in [0.05, 0.1) is 11.4 Å². The van der Waals surface area contributed by atoms with Crippen molar-refractivity contribution in [3.05, 3.63) is 27.1 Å². The highest BCUT2D eigenvalue weighted by Gasteiger charge is 2.19. The van der Waals surface area contributed by atoms with E-state index in [1.54, 1.807) is 12.1 Å². The molecule has 0 saturated carbocycles. The van der Waals surface area contributed by atoms with E-state index in [2.05, 4.69) is 41.9 Å². The van der Waals surface area contributed by atoms with Crippen LogP contribution < -0.4 is 10.0 Å². The fourth-order valence-corrected chi connectivity index (χ4v) is 3.78. The van der Waals surface area contributed by atoms with Gasteiger partial charge in [0.1, 0.15) is 0 Å². The second kappa shape index (κ2) is 7.53. The van der Waals surface area contributed by atoms with E-state index in [9.17, 15) is 13.2 Å². The molecule has 0 radical (unpaired) electrons. The highest BCUT2D eigenvalue weighted by molar-refractivity contribution is 9.11. The average molecular weight is 428 g/mol. The number of halogens is 2. The molecule has 0 fully saturated rings. The van der Waals surface area contributed by atoms with Gasteiger partial charge in [-0.15, -0.1) is 0 Å². The Bertz CT molecular complexity index is 588. The van der Waals surface area contributed by atoms with Crippen molar-refractivity contribution in [2.75, 3.05) is 13.1 Å². The number of benzene rings is 1. The molecule has 0 aliphatic heterocycles. The van der Waals surface area contributed by atoms with E-state index < -0.39 is 10.0 Å². The van der Waals surface area contributed by atoms with Gasteiger partial charge in [0.25, 0.3) is 0 Å². The first-order chi connectivity index (χ1) is 9.22. The smallest absolute Gasteiger partial charge is 0.242 e. The van der Waals surface area contributed by atoms with Gasteiger partial charge in [0.15, 0.2) is 0 Å². The van der Waals surface area contributed by atoms with Gasteiger partial charge in [-0.25, -0.2) is 13.1 Å². The zero-order chi connectivity index (χ0) is 15.3. The Hall–Kier alpha value is -0.440. The Morgan fingerprint density at radius 3 is 2.55 bits per heavy atom. The first kappa shape index (κ1) is 17.6. The maximum absolute atomic E-state index is 12.1. The zero-order valence-electron chi connectivity index (χ0n) is 11.1. The third kappa shape index (κ3) is 5.51. The van der Waals surface area contributed by atoms with Crippen molar-refractivity contribution < 1.29 is 13.2 Å². The third-order valence-corrected chi connectivity index (χ3v) is 5.20. The molecule has 2 N–H and O–H groups in total. The lowest BCUT2D eigenvalue weighted by molar-refractivity contribution is -0.120. The van der Waals surface area contributed by atoms with E-state index in [0.29, 0.717) is 21.4 Å². The molecule has 0 aliphatic carbocycles. The number of carbonyl (C=O) groups excluding carboxylic acids is 1. The van der Waals surface area contributed by atoms with Gasteiger partial charge < -0.3 is 5.32 Å². The Morgan fingerprint density at radius 2 is 1.95 bits per heavy atom. The van der Waals surface area contributed by atoms with Gasteiger partial charge in [-0.1, -0.05) is 29.8 Å². The largest absolute Gasteiger partial charge is 0.355 e. The highest BCUT2D eigenvalue weighted by atomic mass is 79.9. The molecule has 0 aliphatic rings. The molecule has 0 atom stereocenters. The molecule has 0 bridgehead atoms. The van der Waals surface area contributed by atoms with Gasteiger partial charge in [0.2, 0.25) is 15.9 Å². The van der Waals surface area contributed by atoms with Crippen LogP contribution in [-0.4, -0.2) is 27.4 Å². The molecule has 1 aromatic rings. The first-order valence-electron chi connectivity index (χ1n) is 5.94. The van der Waals surface area contributed by atoms with Crippen LogP contribution in [0, 0.1) is 5.92 Å². The lowest BCUT2D eigenvalue weighted by Crippen LogP contribution is -2.38. The SMILES string of the molecule is CC(C)CNC(=O)CNS(=O)(=O)c1cc(Br)ccc1Br. The van der Waals surface area contributed by atoms with Gasteiger partial charge >= 0.3 is 0 Å². The topological polar surface area (TPSA) is 75.3 Å². The second-order valence-corrected chi connectivity index (χ2v) is 8.10. The first-order valence-corrected chi connectivity index (χ1v) is 9.00. The predicted octanol–water partition coefficient (Wildman–Crippen LogP) is 2.26. The molecule has 112 valence electrons. The van der Waals surface area contributed by atoms with E-state index in [1.165, 1.54) is 6.07 Å². The molecule has 1 aromatic carbocycles. The number of amides is 1. The van der Waals surface area contributed by atoms with Crippen LogP contribution in [-0.2, 0) is 14.8 Å². The van der Waals surface area contributed by atoms with E-state index >= 15 is 0 Å². The van der Waals surface area contributed by atoms with E-state index in [-0.39, 0.29) is 17.3 Å². The minimum absolute atomic E-state index is 0.0866. The summed E-state index contributed by atoms with van der Waals surface area (Å²) in [7, 11) is -3.73. The molecule has 0 saturated heterocycles. The van der Waals surface area contributed by atoms with Crippen molar-refractivity contribution in [2.45, 2.75) is 18.7 Å². The minimum atomic E-state index is -3.73. The Labute approximate surface area is 135 Å². The van der Waals surface area contributed by atoms with Gasteiger partial charge in [0, 0.05) is 15.5 Å². The fourth-order valence-electron chi connectivity index (χ4n) is 1.30. The number of nitrogens with one attached hydrogen (secondary N) is 2. The molecule has 0 aromatic heterocycles. The van der Waals surface area contributed by atoms with E-state index in [1.807, 2.05) is 13.8 Å². The Morgan fingerprint density at radius 1 is 1.30 bits per heavy atom. The number of hydrogen-bond donors (Lipinski definition) is 2. The van der Waals surface area contributed by atoms with Crippen LogP contribution in [0.25, 0.3) is 0 Å². The van der Waals surface area contributed by atoms with Crippen LogP contribution in [0.4, 0.5) is 0 Å². The summed E-state index contributed by atoms with van der Waals surface area (Å²) in [6, 6.07) is 4.81. The molecule has 1 rings (SSSR count). The predicted molar refractivity (Wildman–Crippen MR) is 84.9 cm³/mol. The van der Waals surface area contributed by atoms with Crippen LogP contribution in [0.2, 0.25) is 0 Å². The quantitative estimate of drug-likeness (QED) is 0.731. The number of rotatable bonds is 6. The van der Waals surface area contributed by atoms with Crippen molar-refractivity contribution in [2.24, 2.45) is 5.92 Å². The van der Waals surface area contributed by atoms with Crippen LogP contribution in [0.15, 0.2) is 32.0 Å². The molecular formula is C12H16Br2N2O3S. The second-order valence-electron chi connectivity index (χ2n) is 4.60. The molecule has 8 heteroatoms. The summed E-state index contributed by atoms with van der Waals surface area (Å²) in [6.07, 6.45) is 0. The van der Waals surface area contributed by atoms with Crippen molar-refractivity contribution in [3.8, 4) is 0 Å². The van der Waals surface area contributed by atoms with Crippen LogP contribution in [0.1, 0.15) is 13.8 Å². The molecule has 0 heterocycles. The van der Waals surface area contributed by atoms with E-state index in [0.717, 1.165) is 0 Å². The van der Waals surface area contributed by atoms with Gasteiger partial charge in [-0.2, -0.15) is 0 Å². The molecule has 0 unspecified atom stereocenters. The monoisotopic (exact) mass is 426 g/mol. The minimum Gasteiger partial charge on any atom is -0.355 e. The molecule has 1 amide bonds. The number of sulfonamides is 1. The summed E-state index contributed by atoms with van der Waals surface area (Å²) in [6.45, 7) is 4.15. The summed E-state index contributed by atoms with van der Waals surface area (Å²) in [5.74, 6) is -0.0387. The fraction of sp³-hybridized carbons (Fsp3) is 0.417. The third-order valence-electron chi connectivity index (χ3n) is 2.31. The Kier molecular flexibility index (Phi) is 6.63. The van der Waals surface area contributed by atoms with Gasteiger partial charge in [-0.3, -0.25) is 4.79 Å². The molecule has 0 spiro atoms. The lowest BCUT2D eigenvalue weighted by atomic mass is 10.2. The average Bonchev–Trinajstić information content (AvgIpc) is 2.36. The Balaban J connectivity index is 2.71. The lowest BCUT2D eigenvalue weighted by Gasteiger charge is -2.10. The number of hydrogen-bond acceptors (Lipinski definition) is 3. The van der Waals surface area contributed by atoms with Crippen molar-refractivity contribution in [1.29, 1.82) is 0 Å². The summed E-state index contributed by atoms with van der Waals surface area (Å²) in [5, 5.41) is 2.65.